The van der Waals surface area contributed by atoms with Crippen molar-refractivity contribution in [1.29, 1.82) is 5.26 Å². The maximum absolute atomic E-state index is 8.99. The van der Waals surface area contributed by atoms with Gasteiger partial charge in [-0.1, -0.05) is 17.7 Å². The third kappa shape index (κ3) is 3.67. The average Bonchev–Trinajstić information content (AvgIpc) is 2.79. The lowest BCUT2D eigenvalue weighted by Gasteiger charge is -2.03. The Hall–Kier alpha value is -1.61. The van der Waals surface area contributed by atoms with E-state index in [1.165, 1.54) is 11.3 Å². The van der Waals surface area contributed by atoms with Gasteiger partial charge in [-0.05, 0) is 18.2 Å². The molecule has 0 fully saturated rings. The summed E-state index contributed by atoms with van der Waals surface area (Å²) in [5, 5.41) is 10.3. The lowest BCUT2D eigenvalue weighted by Crippen LogP contribution is -1.96. The first kappa shape index (κ1) is 13.8. The molecular weight excluding hydrogens is 284 g/mol. The molecule has 0 bridgehead atoms. The van der Waals surface area contributed by atoms with Crippen LogP contribution >= 0.6 is 22.9 Å². The van der Waals surface area contributed by atoms with E-state index < -0.39 is 0 Å². The van der Waals surface area contributed by atoms with E-state index in [9.17, 15) is 0 Å². The van der Waals surface area contributed by atoms with Crippen molar-refractivity contribution in [3.63, 3.8) is 0 Å². The van der Waals surface area contributed by atoms with Gasteiger partial charge in [-0.2, -0.15) is 5.26 Å². The minimum absolute atomic E-state index is 0.309. The number of hydrogen-bond donors (Lipinski definition) is 0. The van der Waals surface area contributed by atoms with Gasteiger partial charge in [-0.15, -0.1) is 11.3 Å². The molecule has 0 N–H and O–H groups in total. The van der Waals surface area contributed by atoms with Gasteiger partial charge in [-0.3, -0.25) is 0 Å². The molecule has 19 heavy (non-hydrogen) atoms. The van der Waals surface area contributed by atoms with Crippen molar-refractivity contribution >= 4 is 22.9 Å². The standard InChI is InChI=1S/C13H11ClN2O2S/c1-17-7-11-12(6-15)19-13(16-11)8-18-10-4-2-3-9(14)5-10/h2-5H,7-8H2,1H3. The maximum atomic E-state index is 8.99. The second kappa shape index (κ2) is 6.53. The van der Waals surface area contributed by atoms with Gasteiger partial charge in [0.2, 0.25) is 0 Å². The number of aromatic nitrogens is 1. The molecular formula is C13H11ClN2O2S. The second-order valence-electron chi connectivity index (χ2n) is 3.67. The number of hydrogen-bond acceptors (Lipinski definition) is 5. The molecule has 0 saturated heterocycles. The molecule has 0 atom stereocenters. The fraction of sp³-hybridized carbons (Fsp3) is 0.231. The molecule has 0 amide bonds. The third-order valence-corrected chi connectivity index (χ3v) is 3.49. The highest BCUT2D eigenvalue weighted by Crippen LogP contribution is 2.22. The summed E-state index contributed by atoms with van der Waals surface area (Å²) >= 11 is 7.18. The number of rotatable bonds is 5. The number of ether oxygens (including phenoxy) is 2. The molecule has 0 aliphatic carbocycles. The fourth-order valence-electron chi connectivity index (χ4n) is 1.49. The lowest BCUT2D eigenvalue weighted by atomic mass is 10.3. The molecule has 2 rings (SSSR count). The molecule has 0 spiro atoms. The Labute approximate surface area is 120 Å². The fourth-order valence-corrected chi connectivity index (χ4v) is 2.44. The van der Waals surface area contributed by atoms with Gasteiger partial charge >= 0.3 is 0 Å². The summed E-state index contributed by atoms with van der Waals surface area (Å²) < 4.78 is 10.6. The van der Waals surface area contributed by atoms with Crippen LogP contribution < -0.4 is 4.74 Å². The molecule has 4 nitrogen and oxygen atoms in total. The summed E-state index contributed by atoms with van der Waals surface area (Å²) in [5.41, 5.74) is 0.652. The predicted molar refractivity (Wildman–Crippen MR) is 73.3 cm³/mol. The molecule has 6 heteroatoms. The summed E-state index contributed by atoms with van der Waals surface area (Å²) in [6, 6.07) is 9.26. The van der Waals surface area contributed by atoms with Crippen molar-refractivity contribution in [2.45, 2.75) is 13.2 Å². The zero-order valence-corrected chi connectivity index (χ0v) is 11.8. The molecule has 0 aliphatic heterocycles. The Kier molecular flexibility index (Phi) is 4.74. The molecule has 1 aromatic heterocycles. The summed E-state index contributed by atoms with van der Waals surface area (Å²) in [6.45, 7) is 0.639. The van der Waals surface area contributed by atoms with E-state index in [0.29, 0.717) is 34.6 Å². The van der Waals surface area contributed by atoms with E-state index in [1.54, 1.807) is 19.2 Å². The van der Waals surface area contributed by atoms with Crippen LogP contribution in [-0.2, 0) is 18.0 Å². The van der Waals surface area contributed by atoms with Gasteiger partial charge < -0.3 is 9.47 Å². The predicted octanol–water partition coefficient (Wildman–Crippen LogP) is 3.39. The highest BCUT2D eigenvalue weighted by atomic mass is 35.5. The van der Waals surface area contributed by atoms with Gasteiger partial charge in [0.1, 0.15) is 28.3 Å². The van der Waals surface area contributed by atoms with Gasteiger partial charge in [-0.25, -0.2) is 4.98 Å². The minimum Gasteiger partial charge on any atom is -0.486 e. The first-order valence-corrected chi connectivity index (χ1v) is 6.68. The molecule has 98 valence electrons. The van der Waals surface area contributed by atoms with Crippen molar-refractivity contribution in [3.8, 4) is 11.8 Å². The van der Waals surface area contributed by atoms with Crippen molar-refractivity contribution in [1.82, 2.24) is 4.98 Å². The van der Waals surface area contributed by atoms with Crippen molar-refractivity contribution < 1.29 is 9.47 Å². The van der Waals surface area contributed by atoms with Crippen LogP contribution in [0.15, 0.2) is 24.3 Å². The second-order valence-corrected chi connectivity index (χ2v) is 5.19. The maximum Gasteiger partial charge on any atom is 0.140 e. The normalized spacial score (nSPS) is 10.2. The van der Waals surface area contributed by atoms with Crippen LogP contribution in [0.2, 0.25) is 5.02 Å². The average molecular weight is 295 g/mol. The molecule has 1 aromatic carbocycles. The van der Waals surface area contributed by atoms with E-state index in [4.69, 9.17) is 26.3 Å². The molecule has 2 aromatic rings. The minimum atomic E-state index is 0.309. The summed E-state index contributed by atoms with van der Waals surface area (Å²) in [7, 11) is 1.57. The SMILES string of the molecule is COCc1nc(COc2cccc(Cl)c2)sc1C#N. The number of thiazole rings is 1. The highest BCUT2D eigenvalue weighted by molar-refractivity contribution is 7.12. The molecule has 0 aliphatic rings. The highest BCUT2D eigenvalue weighted by Gasteiger charge is 2.11. The van der Waals surface area contributed by atoms with Crippen molar-refractivity contribution in [2.24, 2.45) is 0 Å². The van der Waals surface area contributed by atoms with Gasteiger partial charge in [0.25, 0.3) is 0 Å². The number of nitrogens with zero attached hydrogens (tertiary/aromatic N) is 2. The molecule has 0 radical (unpaired) electrons. The zero-order valence-electron chi connectivity index (χ0n) is 10.2. The Morgan fingerprint density at radius 2 is 2.26 bits per heavy atom. The van der Waals surface area contributed by atoms with E-state index in [-0.39, 0.29) is 0 Å². The largest absolute Gasteiger partial charge is 0.486 e. The first-order chi connectivity index (χ1) is 9.22. The first-order valence-electron chi connectivity index (χ1n) is 5.49. The topological polar surface area (TPSA) is 55.1 Å². The smallest absolute Gasteiger partial charge is 0.140 e. The van der Waals surface area contributed by atoms with Crippen LogP contribution in [0.5, 0.6) is 5.75 Å². The number of halogens is 1. The Morgan fingerprint density at radius 1 is 1.42 bits per heavy atom. The summed E-state index contributed by atoms with van der Waals surface area (Å²) in [4.78, 5) is 4.88. The Bertz CT molecular complexity index is 607. The van der Waals surface area contributed by atoms with E-state index >= 15 is 0 Å². The van der Waals surface area contributed by atoms with E-state index in [2.05, 4.69) is 11.1 Å². The van der Waals surface area contributed by atoms with Crippen molar-refractivity contribution in [2.75, 3.05) is 7.11 Å². The van der Waals surface area contributed by atoms with Crippen LogP contribution in [-0.4, -0.2) is 12.1 Å². The Morgan fingerprint density at radius 3 is 2.95 bits per heavy atom. The molecule has 1 heterocycles. The molecule has 0 unspecified atom stereocenters. The quantitative estimate of drug-likeness (QED) is 0.848. The van der Waals surface area contributed by atoms with Crippen LogP contribution in [0.25, 0.3) is 0 Å². The zero-order chi connectivity index (χ0) is 13.7. The van der Waals surface area contributed by atoms with Crippen LogP contribution in [0.4, 0.5) is 0 Å². The molecule has 0 saturated carbocycles. The van der Waals surface area contributed by atoms with Gasteiger partial charge in [0.05, 0.1) is 12.3 Å². The third-order valence-electron chi connectivity index (χ3n) is 2.28. The van der Waals surface area contributed by atoms with Gasteiger partial charge in [0, 0.05) is 12.1 Å². The van der Waals surface area contributed by atoms with Crippen LogP contribution in [0.3, 0.4) is 0 Å². The summed E-state index contributed by atoms with van der Waals surface area (Å²) in [6.07, 6.45) is 0. The van der Waals surface area contributed by atoms with Crippen LogP contribution in [0, 0.1) is 11.3 Å². The monoisotopic (exact) mass is 294 g/mol. The van der Waals surface area contributed by atoms with Crippen molar-refractivity contribution in [3.05, 3.63) is 44.9 Å². The van der Waals surface area contributed by atoms with E-state index in [1.807, 2.05) is 12.1 Å². The van der Waals surface area contributed by atoms with Gasteiger partial charge in [0.15, 0.2) is 0 Å². The number of benzene rings is 1. The number of methoxy groups -OCH3 is 1. The van der Waals surface area contributed by atoms with Crippen LogP contribution in [0.1, 0.15) is 15.6 Å². The lowest BCUT2D eigenvalue weighted by molar-refractivity contribution is 0.181. The Balaban J connectivity index is 2.06. The summed E-state index contributed by atoms with van der Waals surface area (Å²) in [5.74, 6) is 0.675. The number of nitriles is 1. The van der Waals surface area contributed by atoms with E-state index in [0.717, 1.165) is 5.01 Å².